The topological polar surface area (TPSA) is 74.1 Å². The maximum absolute atomic E-state index is 13.1. The van der Waals surface area contributed by atoms with Gasteiger partial charge >= 0.3 is 0 Å². The zero-order valence-corrected chi connectivity index (χ0v) is 8.50. The van der Waals surface area contributed by atoms with Gasteiger partial charge in [0.25, 0.3) is 11.8 Å². The molecule has 2 amide bonds. The van der Waals surface area contributed by atoms with E-state index in [9.17, 15) is 14.0 Å². The van der Waals surface area contributed by atoms with E-state index in [1.807, 2.05) is 0 Å². The summed E-state index contributed by atoms with van der Waals surface area (Å²) >= 11 is 0. The zero-order chi connectivity index (χ0) is 12.0. The molecule has 2 heterocycles. The van der Waals surface area contributed by atoms with Crippen LogP contribution in [0.3, 0.4) is 0 Å². The molecule has 0 aromatic heterocycles. The van der Waals surface area contributed by atoms with Crippen molar-refractivity contribution in [2.24, 2.45) is 10.3 Å². The minimum Gasteiger partial charge on any atom is -0.292 e. The molecule has 1 aromatic rings. The molecule has 2 aliphatic rings. The van der Waals surface area contributed by atoms with Crippen LogP contribution < -0.4 is 10.3 Å². The van der Waals surface area contributed by atoms with Crippen LogP contribution in [0, 0.1) is 5.82 Å². The number of halogens is 1. The first-order valence-electron chi connectivity index (χ1n) is 4.97. The molecule has 7 heteroatoms. The van der Waals surface area contributed by atoms with Crippen LogP contribution in [0.25, 0.3) is 0 Å². The van der Waals surface area contributed by atoms with Crippen molar-refractivity contribution < 1.29 is 14.0 Å². The molecule has 3 rings (SSSR count). The van der Waals surface area contributed by atoms with E-state index in [0.717, 1.165) is 0 Å². The van der Waals surface area contributed by atoms with Crippen molar-refractivity contribution in [2.75, 3.05) is 5.01 Å². The molecule has 1 saturated heterocycles. The van der Waals surface area contributed by atoms with Crippen molar-refractivity contribution in [3.8, 4) is 0 Å². The number of nitrogens with one attached hydrogen (secondary N) is 1. The molecule has 1 aromatic carbocycles. The number of carbonyl (C=O) groups is 2. The maximum atomic E-state index is 13.1. The Morgan fingerprint density at radius 1 is 1.29 bits per heavy atom. The van der Waals surface area contributed by atoms with Crippen LogP contribution in [0.5, 0.6) is 0 Å². The zero-order valence-electron chi connectivity index (χ0n) is 8.50. The Labute approximate surface area is 95.1 Å². The number of benzene rings is 1. The molecular weight excluding hydrogens is 227 g/mol. The summed E-state index contributed by atoms with van der Waals surface area (Å²) in [5, 5.41) is 10.9. The standard InChI is InChI=1S/C10H7FN4O2/c11-5-2-1-3-6(4-5)15-8-7(13-14-15)9(16)12-10(8)17/h1-4,7-8H,(H,12,16,17). The first-order chi connectivity index (χ1) is 8.16. The van der Waals surface area contributed by atoms with E-state index >= 15 is 0 Å². The minimum atomic E-state index is -0.828. The number of hydrogen-bond acceptors (Lipinski definition) is 5. The number of rotatable bonds is 1. The van der Waals surface area contributed by atoms with Gasteiger partial charge < -0.3 is 0 Å². The van der Waals surface area contributed by atoms with E-state index in [1.54, 1.807) is 6.07 Å². The average Bonchev–Trinajstić information content (AvgIpc) is 2.82. The van der Waals surface area contributed by atoms with Gasteiger partial charge in [-0.15, -0.1) is 0 Å². The van der Waals surface area contributed by atoms with Crippen molar-refractivity contribution in [1.29, 1.82) is 0 Å². The molecule has 0 bridgehead atoms. The van der Waals surface area contributed by atoms with Gasteiger partial charge in [-0.3, -0.25) is 14.9 Å². The molecule has 0 radical (unpaired) electrons. The lowest BCUT2D eigenvalue weighted by atomic mass is 10.1. The van der Waals surface area contributed by atoms with Crippen LogP contribution >= 0.6 is 0 Å². The lowest BCUT2D eigenvalue weighted by Gasteiger charge is -2.17. The number of carbonyl (C=O) groups excluding carboxylic acids is 2. The Morgan fingerprint density at radius 2 is 2.12 bits per heavy atom. The summed E-state index contributed by atoms with van der Waals surface area (Å²) in [4.78, 5) is 22.9. The highest BCUT2D eigenvalue weighted by atomic mass is 19.1. The summed E-state index contributed by atoms with van der Waals surface area (Å²) in [5.41, 5.74) is 0.395. The Bertz CT molecular complexity index is 545. The van der Waals surface area contributed by atoms with Crippen LogP contribution in [0.1, 0.15) is 0 Å². The highest BCUT2D eigenvalue weighted by molar-refractivity contribution is 6.11. The molecule has 1 N–H and O–H groups in total. The SMILES string of the molecule is O=C1NC(=O)C2C1N=NN2c1cccc(F)c1. The molecular formula is C10H7FN4O2. The van der Waals surface area contributed by atoms with Crippen LogP contribution in [-0.2, 0) is 9.59 Å². The molecule has 6 nitrogen and oxygen atoms in total. The molecule has 17 heavy (non-hydrogen) atoms. The highest BCUT2D eigenvalue weighted by Gasteiger charge is 2.49. The second kappa shape index (κ2) is 3.34. The quantitative estimate of drug-likeness (QED) is 0.715. The Morgan fingerprint density at radius 3 is 2.88 bits per heavy atom. The second-order valence-electron chi connectivity index (χ2n) is 3.77. The van der Waals surface area contributed by atoms with Crippen molar-refractivity contribution in [2.45, 2.75) is 12.1 Å². The van der Waals surface area contributed by atoms with Gasteiger partial charge in [-0.05, 0) is 18.2 Å². The summed E-state index contributed by atoms with van der Waals surface area (Å²) in [6, 6.07) is 3.99. The fraction of sp³-hybridized carbons (Fsp3) is 0.200. The molecule has 2 atom stereocenters. The monoisotopic (exact) mass is 234 g/mol. The summed E-state index contributed by atoms with van der Waals surface area (Å²) in [6.45, 7) is 0. The molecule has 0 spiro atoms. The minimum absolute atomic E-state index is 0.395. The fourth-order valence-electron chi connectivity index (χ4n) is 1.91. The van der Waals surface area contributed by atoms with Gasteiger partial charge in [0.05, 0.1) is 5.69 Å². The molecule has 0 aliphatic carbocycles. The smallest absolute Gasteiger partial charge is 0.256 e. The Balaban J connectivity index is 1.99. The summed E-state index contributed by atoms with van der Waals surface area (Å²) in [7, 11) is 0. The van der Waals surface area contributed by atoms with Crippen LogP contribution in [0.4, 0.5) is 10.1 Å². The van der Waals surface area contributed by atoms with Gasteiger partial charge in [-0.25, -0.2) is 9.40 Å². The third-order valence-corrected chi connectivity index (χ3v) is 2.69. The van der Waals surface area contributed by atoms with Crippen molar-refractivity contribution >= 4 is 17.5 Å². The number of imide groups is 1. The molecule has 2 unspecified atom stereocenters. The summed E-state index contributed by atoms with van der Waals surface area (Å²) < 4.78 is 13.1. The van der Waals surface area contributed by atoms with E-state index in [0.29, 0.717) is 5.69 Å². The van der Waals surface area contributed by atoms with Crippen LogP contribution in [0.2, 0.25) is 0 Å². The number of nitrogens with zero attached hydrogens (tertiary/aromatic N) is 3. The first kappa shape index (κ1) is 9.88. The van der Waals surface area contributed by atoms with Gasteiger partial charge in [0.2, 0.25) is 0 Å². The van der Waals surface area contributed by atoms with Crippen LogP contribution in [-0.4, -0.2) is 23.9 Å². The van der Waals surface area contributed by atoms with Crippen molar-refractivity contribution in [1.82, 2.24) is 5.32 Å². The maximum Gasteiger partial charge on any atom is 0.256 e. The number of anilines is 1. The predicted molar refractivity (Wildman–Crippen MR) is 54.5 cm³/mol. The number of fused-ring (bicyclic) bond motifs is 1. The van der Waals surface area contributed by atoms with Crippen molar-refractivity contribution in [3.63, 3.8) is 0 Å². The first-order valence-corrected chi connectivity index (χ1v) is 4.97. The highest BCUT2D eigenvalue weighted by Crippen LogP contribution is 2.28. The Kier molecular flexibility index (Phi) is 1.94. The fourth-order valence-corrected chi connectivity index (χ4v) is 1.91. The predicted octanol–water partition coefficient (Wildman–Crippen LogP) is 0.406. The van der Waals surface area contributed by atoms with Gasteiger partial charge in [-0.1, -0.05) is 11.3 Å². The van der Waals surface area contributed by atoms with E-state index in [-0.39, 0.29) is 0 Å². The van der Waals surface area contributed by atoms with E-state index in [2.05, 4.69) is 15.7 Å². The molecule has 2 aliphatic heterocycles. The van der Waals surface area contributed by atoms with E-state index in [1.165, 1.54) is 23.2 Å². The third-order valence-electron chi connectivity index (χ3n) is 2.69. The van der Waals surface area contributed by atoms with E-state index in [4.69, 9.17) is 0 Å². The van der Waals surface area contributed by atoms with Gasteiger partial charge in [0, 0.05) is 0 Å². The van der Waals surface area contributed by atoms with Gasteiger partial charge in [0.1, 0.15) is 5.82 Å². The van der Waals surface area contributed by atoms with Crippen molar-refractivity contribution in [3.05, 3.63) is 30.1 Å². The summed E-state index contributed by atoms with van der Waals surface area (Å²) in [6.07, 6.45) is 0. The Hall–Kier alpha value is -2.31. The van der Waals surface area contributed by atoms with E-state index < -0.39 is 29.7 Å². The number of hydrogen-bond donors (Lipinski definition) is 1. The molecule has 0 saturated carbocycles. The summed E-state index contributed by atoms with van der Waals surface area (Å²) in [5.74, 6) is -1.37. The van der Waals surface area contributed by atoms with Crippen LogP contribution in [0.15, 0.2) is 34.6 Å². The molecule has 86 valence electrons. The second-order valence-corrected chi connectivity index (χ2v) is 3.77. The van der Waals surface area contributed by atoms with Gasteiger partial charge in [0.15, 0.2) is 12.1 Å². The lowest BCUT2D eigenvalue weighted by Crippen LogP contribution is -2.38. The third kappa shape index (κ3) is 1.39. The number of amides is 2. The normalized spacial score (nSPS) is 26.3. The van der Waals surface area contributed by atoms with Gasteiger partial charge in [-0.2, -0.15) is 5.11 Å². The lowest BCUT2D eigenvalue weighted by molar-refractivity contribution is -0.125. The largest absolute Gasteiger partial charge is 0.292 e. The average molecular weight is 234 g/mol. The molecule has 1 fully saturated rings.